The predicted octanol–water partition coefficient (Wildman–Crippen LogP) is 0.239. The molecule has 1 rings (SSSR count). The van der Waals surface area contributed by atoms with Crippen LogP contribution < -0.4 is 0 Å². The smallest absolute Gasteiger partial charge is 0.303 e. The zero-order valence-electron chi connectivity index (χ0n) is 5.78. The SMILES string of the molecule is CC(=O)O[C@H]1C=CC[C@H]1O. The minimum absolute atomic E-state index is 0.351. The Morgan fingerprint density at radius 2 is 2.50 bits per heavy atom. The average molecular weight is 142 g/mol. The summed E-state index contributed by atoms with van der Waals surface area (Å²) >= 11 is 0. The van der Waals surface area contributed by atoms with Crippen LogP contribution in [0, 0.1) is 0 Å². The lowest BCUT2D eigenvalue weighted by atomic mass is 10.2. The fourth-order valence-electron chi connectivity index (χ4n) is 0.924. The van der Waals surface area contributed by atoms with Crippen LogP contribution in [-0.4, -0.2) is 23.3 Å². The van der Waals surface area contributed by atoms with Crippen molar-refractivity contribution in [1.29, 1.82) is 0 Å². The average Bonchev–Trinajstić information content (AvgIpc) is 2.15. The van der Waals surface area contributed by atoms with Gasteiger partial charge in [-0.3, -0.25) is 4.79 Å². The summed E-state index contributed by atoms with van der Waals surface area (Å²) in [5, 5.41) is 9.10. The number of carbonyl (C=O) groups excluding carboxylic acids is 1. The molecule has 1 aliphatic rings. The Hall–Kier alpha value is -0.830. The molecule has 0 bridgehead atoms. The summed E-state index contributed by atoms with van der Waals surface area (Å²) in [6.45, 7) is 1.33. The molecule has 56 valence electrons. The van der Waals surface area contributed by atoms with E-state index in [1.807, 2.05) is 0 Å². The van der Waals surface area contributed by atoms with Crippen molar-refractivity contribution in [3.05, 3.63) is 12.2 Å². The predicted molar refractivity (Wildman–Crippen MR) is 35.3 cm³/mol. The molecule has 0 heterocycles. The molecule has 1 N–H and O–H groups in total. The van der Waals surface area contributed by atoms with Gasteiger partial charge in [0.05, 0.1) is 6.10 Å². The molecular formula is C7H10O3. The van der Waals surface area contributed by atoms with Crippen molar-refractivity contribution in [1.82, 2.24) is 0 Å². The first-order valence-corrected chi connectivity index (χ1v) is 3.22. The van der Waals surface area contributed by atoms with E-state index in [1.165, 1.54) is 6.92 Å². The van der Waals surface area contributed by atoms with Gasteiger partial charge in [0.15, 0.2) is 0 Å². The van der Waals surface area contributed by atoms with E-state index in [-0.39, 0.29) is 5.97 Å². The number of hydrogen-bond donors (Lipinski definition) is 1. The Morgan fingerprint density at radius 3 is 2.90 bits per heavy atom. The molecule has 1 aliphatic carbocycles. The maximum absolute atomic E-state index is 10.4. The Kier molecular flexibility index (Phi) is 2.06. The number of hydrogen-bond acceptors (Lipinski definition) is 3. The third-order valence-electron chi connectivity index (χ3n) is 1.38. The molecule has 0 saturated carbocycles. The first-order chi connectivity index (χ1) is 4.70. The molecule has 0 fully saturated rings. The largest absolute Gasteiger partial charge is 0.456 e. The monoisotopic (exact) mass is 142 g/mol. The number of ether oxygens (including phenoxy) is 1. The molecule has 2 atom stereocenters. The lowest BCUT2D eigenvalue weighted by molar-refractivity contribution is -0.148. The normalized spacial score (nSPS) is 30.6. The van der Waals surface area contributed by atoms with Gasteiger partial charge >= 0.3 is 5.97 Å². The summed E-state index contributed by atoms with van der Waals surface area (Å²) in [5.41, 5.74) is 0. The third-order valence-corrected chi connectivity index (χ3v) is 1.38. The first-order valence-electron chi connectivity index (χ1n) is 3.22. The summed E-state index contributed by atoms with van der Waals surface area (Å²) < 4.78 is 4.75. The van der Waals surface area contributed by atoms with Gasteiger partial charge < -0.3 is 9.84 Å². The Labute approximate surface area is 59.3 Å². The summed E-state index contributed by atoms with van der Waals surface area (Å²) in [7, 11) is 0. The van der Waals surface area contributed by atoms with E-state index in [0.717, 1.165) is 0 Å². The van der Waals surface area contributed by atoms with E-state index in [9.17, 15) is 4.79 Å². The molecule has 0 aliphatic heterocycles. The quantitative estimate of drug-likeness (QED) is 0.421. The Balaban J connectivity index is 2.40. The molecule has 0 amide bonds. The van der Waals surface area contributed by atoms with Gasteiger partial charge in [-0.1, -0.05) is 6.08 Å². The number of aliphatic hydroxyl groups is 1. The van der Waals surface area contributed by atoms with Gasteiger partial charge in [-0.2, -0.15) is 0 Å². The van der Waals surface area contributed by atoms with Gasteiger partial charge in [-0.05, 0) is 12.5 Å². The summed E-state index contributed by atoms with van der Waals surface area (Å²) in [4.78, 5) is 10.4. The van der Waals surface area contributed by atoms with Crippen molar-refractivity contribution in [2.75, 3.05) is 0 Å². The minimum Gasteiger partial charge on any atom is -0.456 e. The van der Waals surface area contributed by atoms with Gasteiger partial charge in [0.2, 0.25) is 0 Å². The molecule has 10 heavy (non-hydrogen) atoms. The van der Waals surface area contributed by atoms with E-state index in [0.29, 0.717) is 6.42 Å². The second-order valence-electron chi connectivity index (χ2n) is 2.31. The summed E-state index contributed by atoms with van der Waals surface area (Å²) in [6.07, 6.45) is 3.13. The first kappa shape index (κ1) is 7.28. The van der Waals surface area contributed by atoms with Crippen LogP contribution in [0.4, 0.5) is 0 Å². The van der Waals surface area contributed by atoms with Gasteiger partial charge in [0, 0.05) is 6.92 Å². The molecule has 0 saturated heterocycles. The van der Waals surface area contributed by atoms with Crippen LogP contribution in [0.1, 0.15) is 13.3 Å². The van der Waals surface area contributed by atoms with Crippen LogP contribution in [0.2, 0.25) is 0 Å². The van der Waals surface area contributed by atoms with Crippen molar-refractivity contribution in [2.24, 2.45) is 0 Å². The minimum atomic E-state index is -0.538. The van der Waals surface area contributed by atoms with Gasteiger partial charge in [0.1, 0.15) is 6.10 Å². The maximum Gasteiger partial charge on any atom is 0.303 e. The van der Waals surface area contributed by atoms with Crippen molar-refractivity contribution < 1.29 is 14.6 Å². The Bertz CT molecular complexity index is 162. The molecule has 3 nitrogen and oxygen atoms in total. The van der Waals surface area contributed by atoms with Crippen molar-refractivity contribution >= 4 is 5.97 Å². The fraction of sp³-hybridized carbons (Fsp3) is 0.571. The molecular weight excluding hydrogens is 132 g/mol. The van der Waals surface area contributed by atoms with E-state index in [1.54, 1.807) is 12.2 Å². The van der Waals surface area contributed by atoms with Gasteiger partial charge in [-0.15, -0.1) is 0 Å². The van der Waals surface area contributed by atoms with Crippen LogP contribution in [0.3, 0.4) is 0 Å². The second kappa shape index (κ2) is 2.84. The van der Waals surface area contributed by atoms with Crippen LogP contribution in [0.25, 0.3) is 0 Å². The van der Waals surface area contributed by atoms with Crippen LogP contribution in [0.15, 0.2) is 12.2 Å². The standard InChI is InChI=1S/C7H10O3/c1-5(8)10-7-4-2-3-6(7)9/h2,4,6-7,9H,3H2,1H3/t6-,7+/m1/s1. The van der Waals surface area contributed by atoms with E-state index >= 15 is 0 Å². The lowest BCUT2D eigenvalue weighted by Gasteiger charge is -2.12. The highest BCUT2D eigenvalue weighted by Gasteiger charge is 2.22. The van der Waals surface area contributed by atoms with Crippen molar-refractivity contribution in [3.63, 3.8) is 0 Å². The highest BCUT2D eigenvalue weighted by Crippen LogP contribution is 2.13. The molecule has 3 heteroatoms. The highest BCUT2D eigenvalue weighted by molar-refractivity contribution is 5.66. The summed E-state index contributed by atoms with van der Waals surface area (Å²) in [6, 6.07) is 0. The molecule has 0 aromatic rings. The zero-order chi connectivity index (χ0) is 7.56. The lowest BCUT2D eigenvalue weighted by Crippen LogP contribution is -2.24. The highest BCUT2D eigenvalue weighted by atomic mass is 16.6. The van der Waals surface area contributed by atoms with Crippen LogP contribution in [-0.2, 0) is 9.53 Å². The van der Waals surface area contributed by atoms with E-state index in [2.05, 4.69) is 0 Å². The van der Waals surface area contributed by atoms with E-state index < -0.39 is 12.2 Å². The van der Waals surface area contributed by atoms with Crippen molar-refractivity contribution in [3.8, 4) is 0 Å². The molecule has 0 aromatic carbocycles. The third kappa shape index (κ3) is 1.57. The number of aliphatic hydroxyl groups excluding tert-OH is 1. The van der Waals surface area contributed by atoms with Gasteiger partial charge in [-0.25, -0.2) is 0 Å². The summed E-state index contributed by atoms with van der Waals surface area (Å²) in [5.74, 6) is -0.351. The number of esters is 1. The zero-order valence-corrected chi connectivity index (χ0v) is 5.78. The van der Waals surface area contributed by atoms with Crippen LogP contribution in [0.5, 0.6) is 0 Å². The molecule has 0 spiro atoms. The van der Waals surface area contributed by atoms with E-state index in [4.69, 9.17) is 9.84 Å². The molecule has 0 unspecified atom stereocenters. The van der Waals surface area contributed by atoms with Crippen molar-refractivity contribution in [2.45, 2.75) is 25.6 Å². The van der Waals surface area contributed by atoms with Gasteiger partial charge in [0.25, 0.3) is 0 Å². The molecule has 0 radical (unpaired) electrons. The maximum atomic E-state index is 10.4. The second-order valence-corrected chi connectivity index (χ2v) is 2.31. The topological polar surface area (TPSA) is 46.5 Å². The fourth-order valence-corrected chi connectivity index (χ4v) is 0.924. The number of carbonyl (C=O) groups is 1. The number of rotatable bonds is 1. The Morgan fingerprint density at radius 1 is 1.80 bits per heavy atom. The van der Waals surface area contributed by atoms with Crippen LogP contribution >= 0.6 is 0 Å². The molecule has 0 aromatic heterocycles.